The van der Waals surface area contributed by atoms with Gasteiger partial charge in [0.25, 0.3) is 0 Å². The number of rotatable bonds is 6. The predicted molar refractivity (Wildman–Crippen MR) is 91.6 cm³/mol. The lowest BCUT2D eigenvalue weighted by Crippen LogP contribution is -2.31. The Hall–Kier alpha value is -2.54. The summed E-state index contributed by atoms with van der Waals surface area (Å²) in [7, 11) is 1.33. The van der Waals surface area contributed by atoms with E-state index in [9.17, 15) is 13.6 Å². The van der Waals surface area contributed by atoms with Crippen molar-refractivity contribution >= 4 is 23.3 Å². The summed E-state index contributed by atoms with van der Waals surface area (Å²) in [5.74, 6) is -0.0308. The van der Waals surface area contributed by atoms with Crippen LogP contribution >= 0.6 is 11.6 Å². The normalized spacial score (nSPS) is 11.8. The van der Waals surface area contributed by atoms with Crippen LogP contribution in [0.3, 0.4) is 0 Å². The molecule has 0 heterocycles. The van der Waals surface area contributed by atoms with Crippen LogP contribution in [-0.4, -0.2) is 19.8 Å². The molecule has 5 nitrogen and oxygen atoms in total. The third kappa shape index (κ3) is 5.49. The molecule has 0 aromatic heterocycles. The van der Waals surface area contributed by atoms with Crippen LogP contribution in [0.4, 0.5) is 19.3 Å². The fraction of sp³-hybridized carbons (Fsp3) is 0.235. The average Bonchev–Trinajstić information content (AvgIpc) is 2.54. The smallest absolute Gasteiger partial charge is 0.387 e. The van der Waals surface area contributed by atoms with Crippen molar-refractivity contribution in [1.82, 2.24) is 5.32 Å². The van der Waals surface area contributed by atoms with E-state index in [2.05, 4.69) is 15.4 Å². The van der Waals surface area contributed by atoms with E-state index in [1.807, 2.05) is 6.07 Å². The van der Waals surface area contributed by atoms with Gasteiger partial charge in [0.05, 0.1) is 13.2 Å². The van der Waals surface area contributed by atoms with E-state index in [0.29, 0.717) is 5.02 Å². The van der Waals surface area contributed by atoms with Crippen LogP contribution in [0, 0.1) is 0 Å². The third-order valence-electron chi connectivity index (χ3n) is 3.33. The van der Waals surface area contributed by atoms with Crippen molar-refractivity contribution in [3.63, 3.8) is 0 Å². The first-order chi connectivity index (χ1) is 11.9. The molecule has 0 fully saturated rings. The van der Waals surface area contributed by atoms with E-state index < -0.39 is 12.6 Å². The molecule has 0 saturated heterocycles. The molecule has 2 amide bonds. The Morgan fingerprint density at radius 1 is 1.16 bits per heavy atom. The number of carbonyl (C=O) groups is 1. The van der Waals surface area contributed by atoms with Gasteiger partial charge in [-0.3, -0.25) is 0 Å². The summed E-state index contributed by atoms with van der Waals surface area (Å²) >= 11 is 5.93. The van der Waals surface area contributed by atoms with Crippen molar-refractivity contribution in [3.8, 4) is 11.5 Å². The minimum absolute atomic E-state index is 0.138. The molecule has 0 aliphatic rings. The number of hydrogen-bond donors (Lipinski definition) is 2. The van der Waals surface area contributed by atoms with Gasteiger partial charge in [-0.05, 0) is 36.8 Å². The first-order valence-electron chi connectivity index (χ1n) is 7.35. The van der Waals surface area contributed by atoms with Gasteiger partial charge in [-0.2, -0.15) is 8.78 Å². The fourth-order valence-electron chi connectivity index (χ4n) is 2.17. The zero-order valence-electron chi connectivity index (χ0n) is 13.6. The number of urea groups is 1. The van der Waals surface area contributed by atoms with Gasteiger partial charge in [0.2, 0.25) is 0 Å². The lowest BCUT2D eigenvalue weighted by Gasteiger charge is -2.16. The van der Waals surface area contributed by atoms with Crippen LogP contribution in [0.5, 0.6) is 11.5 Å². The van der Waals surface area contributed by atoms with Gasteiger partial charge < -0.3 is 20.1 Å². The van der Waals surface area contributed by atoms with E-state index in [0.717, 1.165) is 5.56 Å². The molecule has 0 bridgehead atoms. The number of amides is 2. The highest BCUT2D eigenvalue weighted by molar-refractivity contribution is 6.30. The van der Waals surface area contributed by atoms with Crippen molar-refractivity contribution in [2.24, 2.45) is 0 Å². The number of hydrogen-bond acceptors (Lipinski definition) is 3. The lowest BCUT2D eigenvalue weighted by molar-refractivity contribution is -0.0511. The van der Waals surface area contributed by atoms with Crippen molar-refractivity contribution < 1.29 is 23.0 Å². The summed E-state index contributed by atoms with van der Waals surface area (Å²) in [5.41, 5.74) is 1.12. The molecule has 2 N–H and O–H groups in total. The summed E-state index contributed by atoms with van der Waals surface area (Å²) in [6.07, 6.45) is 0. The summed E-state index contributed by atoms with van der Waals surface area (Å²) in [6, 6.07) is 10.5. The van der Waals surface area contributed by atoms with Gasteiger partial charge in [0, 0.05) is 16.8 Å². The van der Waals surface area contributed by atoms with Crippen LogP contribution in [0.15, 0.2) is 42.5 Å². The Morgan fingerprint density at radius 2 is 1.92 bits per heavy atom. The van der Waals surface area contributed by atoms with Crippen molar-refractivity contribution in [1.29, 1.82) is 0 Å². The van der Waals surface area contributed by atoms with Gasteiger partial charge in [-0.1, -0.05) is 23.7 Å². The lowest BCUT2D eigenvalue weighted by atomic mass is 10.1. The quantitative estimate of drug-likeness (QED) is 0.765. The molecule has 25 heavy (non-hydrogen) atoms. The van der Waals surface area contributed by atoms with Gasteiger partial charge in [0.15, 0.2) is 11.5 Å². The fourth-order valence-corrected chi connectivity index (χ4v) is 2.36. The van der Waals surface area contributed by atoms with E-state index in [1.54, 1.807) is 25.1 Å². The topological polar surface area (TPSA) is 59.6 Å². The summed E-state index contributed by atoms with van der Waals surface area (Å²) < 4.78 is 34.2. The number of anilines is 1. The highest BCUT2D eigenvalue weighted by Crippen LogP contribution is 2.31. The maximum atomic E-state index is 12.4. The number of alkyl halides is 2. The molecule has 0 unspecified atom stereocenters. The van der Waals surface area contributed by atoms with Gasteiger partial charge in [-0.25, -0.2) is 4.79 Å². The Labute approximate surface area is 148 Å². The van der Waals surface area contributed by atoms with E-state index >= 15 is 0 Å². The van der Waals surface area contributed by atoms with Crippen molar-refractivity contribution in [2.45, 2.75) is 19.6 Å². The highest BCUT2D eigenvalue weighted by atomic mass is 35.5. The zero-order chi connectivity index (χ0) is 18.4. The molecular weight excluding hydrogens is 354 g/mol. The van der Waals surface area contributed by atoms with E-state index in [-0.39, 0.29) is 23.2 Å². The van der Waals surface area contributed by atoms with Crippen LogP contribution in [0.1, 0.15) is 18.5 Å². The monoisotopic (exact) mass is 370 g/mol. The largest absolute Gasteiger partial charge is 0.493 e. The number of benzene rings is 2. The standard InChI is InChI=1S/C17H17ClF2N2O3/c1-10(11-4-3-5-12(18)8-11)21-17(23)22-13-6-7-14(24-2)15(9-13)25-16(19)20/h3-10,16H,1-2H3,(H2,21,22,23)/t10-/m0/s1. The van der Waals surface area contributed by atoms with Gasteiger partial charge in [0.1, 0.15) is 0 Å². The molecule has 1 atom stereocenters. The van der Waals surface area contributed by atoms with Crippen molar-refractivity contribution in [3.05, 3.63) is 53.1 Å². The second-order valence-corrected chi connectivity index (χ2v) is 5.56. The Kier molecular flexibility index (Phi) is 6.41. The molecule has 0 aliphatic heterocycles. The number of methoxy groups -OCH3 is 1. The molecular formula is C17H17ClF2N2O3. The molecule has 2 rings (SSSR count). The van der Waals surface area contributed by atoms with Crippen LogP contribution in [0.25, 0.3) is 0 Å². The number of ether oxygens (including phenoxy) is 2. The van der Waals surface area contributed by atoms with Crippen LogP contribution < -0.4 is 20.1 Å². The van der Waals surface area contributed by atoms with Crippen molar-refractivity contribution in [2.75, 3.05) is 12.4 Å². The van der Waals surface area contributed by atoms with E-state index in [4.69, 9.17) is 16.3 Å². The second kappa shape index (κ2) is 8.53. The number of carbonyl (C=O) groups excluding carboxylic acids is 1. The molecule has 0 aliphatic carbocycles. The molecule has 2 aromatic rings. The van der Waals surface area contributed by atoms with Crippen LogP contribution in [-0.2, 0) is 0 Å². The second-order valence-electron chi connectivity index (χ2n) is 5.12. The average molecular weight is 371 g/mol. The highest BCUT2D eigenvalue weighted by Gasteiger charge is 2.14. The van der Waals surface area contributed by atoms with Crippen LogP contribution in [0.2, 0.25) is 5.02 Å². The molecule has 134 valence electrons. The molecule has 2 aromatic carbocycles. The molecule has 8 heteroatoms. The Bertz CT molecular complexity index is 744. The molecule has 0 spiro atoms. The first-order valence-corrected chi connectivity index (χ1v) is 7.72. The summed E-state index contributed by atoms with van der Waals surface area (Å²) in [6.45, 7) is -1.20. The third-order valence-corrected chi connectivity index (χ3v) is 3.57. The summed E-state index contributed by atoms with van der Waals surface area (Å²) in [5, 5.41) is 5.86. The maximum Gasteiger partial charge on any atom is 0.387 e. The number of halogens is 3. The molecule has 0 saturated carbocycles. The SMILES string of the molecule is COc1ccc(NC(=O)N[C@@H](C)c2cccc(Cl)c2)cc1OC(F)F. The van der Waals surface area contributed by atoms with E-state index in [1.165, 1.54) is 25.3 Å². The first kappa shape index (κ1) is 18.8. The minimum atomic E-state index is -3.00. The zero-order valence-corrected chi connectivity index (χ0v) is 14.3. The Morgan fingerprint density at radius 3 is 2.56 bits per heavy atom. The molecule has 0 radical (unpaired) electrons. The summed E-state index contributed by atoms with van der Waals surface area (Å²) in [4.78, 5) is 12.1. The Balaban J connectivity index is 2.04. The maximum absolute atomic E-state index is 12.4. The van der Waals surface area contributed by atoms with Gasteiger partial charge >= 0.3 is 12.6 Å². The minimum Gasteiger partial charge on any atom is -0.493 e. The number of nitrogens with one attached hydrogen (secondary N) is 2. The predicted octanol–water partition coefficient (Wildman–Crippen LogP) is 4.83. The van der Waals surface area contributed by atoms with Gasteiger partial charge in [-0.15, -0.1) is 0 Å².